The summed E-state index contributed by atoms with van der Waals surface area (Å²) in [6.45, 7) is 2.07. The number of benzene rings is 1. The number of rotatable bonds is 5. The molecule has 1 heterocycles. The first-order valence-corrected chi connectivity index (χ1v) is 7.22. The van der Waals surface area contributed by atoms with Crippen LogP contribution < -0.4 is 0 Å². The summed E-state index contributed by atoms with van der Waals surface area (Å²) < 4.78 is 38.8. The minimum Gasteiger partial charge on any atom is -0.258 e. The van der Waals surface area contributed by atoms with Crippen LogP contribution in [0.4, 0.5) is 13.2 Å². The van der Waals surface area contributed by atoms with Crippen molar-refractivity contribution in [3.63, 3.8) is 0 Å². The maximum absolute atomic E-state index is 12.9. The van der Waals surface area contributed by atoms with Crippen molar-refractivity contribution in [3.8, 4) is 11.4 Å². The van der Waals surface area contributed by atoms with Gasteiger partial charge in [-0.25, -0.2) is 4.98 Å². The molecule has 0 saturated heterocycles. The van der Waals surface area contributed by atoms with Gasteiger partial charge in [-0.05, 0) is 12.5 Å². The number of alkyl halides is 3. The van der Waals surface area contributed by atoms with E-state index in [1.165, 1.54) is 23.9 Å². The summed E-state index contributed by atoms with van der Waals surface area (Å²) in [5.74, 6) is 1.01. The maximum Gasteiger partial charge on any atom is 0.417 e. The molecule has 7 heteroatoms. The van der Waals surface area contributed by atoms with Crippen molar-refractivity contribution < 1.29 is 13.2 Å². The molecular formula is C13H14F3N3S. The molecule has 0 atom stereocenters. The number of nitrogens with zero attached hydrogens (tertiary/aromatic N) is 2. The van der Waals surface area contributed by atoms with E-state index in [2.05, 4.69) is 22.1 Å². The van der Waals surface area contributed by atoms with Gasteiger partial charge in [-0.15, -0.1) is 5.10 Å². The number of aromatic nitrogens is 3. The van der Waals surface area contributed by atoms with Crippen molar-refractivity contribution in [1.29, 1.82) is 0 Å². The van der Waals surface area contributed by atoms with Gasteiger partial charge < -0.3 is 0 Å². The molecule has 0 bridgehead atoms. The van der Waals surface area contributed by atoms with Crippen molar-refractivity contribution in [2.45, 2.75) is 31.1 Å². The number of halogens is 3. The molecule has 0 radical (unpaired) electrons. The predicted molar refractivity (Wildman–Crippen MR) is 72.5 cm³/mol. The highest BCUT2D eigenvalue weighted by Gasteiger charge is 2.34. The van der Waals surface area contributed by atoms with E-state index in [4.69, 9.17) is 0 Å². The SMILES string of the molecule is CCCCSc1n[nH]c(-c2ccccc2C(F)(F)F)n1. The molecule has 0 fully saturated rings. The summed E-state index contributed by atoms with van der Waals surface area (Å²) >= 11 is 1.44. The summed E-state index contributed by atoms with van der Waals surface area (Å²) in [4.78, 5) is 4.12. The van der Waals surface area contributed by atoms with E-state index in [1.807, 2.05) is 0 Å². The molecule has 108 valence electrons. The van der Waals surface area contributed by atoms with Gasteiger partial charge in [0.05, 0.1) is 5.56 Å². The summed E-state index contributed by atoms with van der Waals surface area (Å²) in [6.07, 6.45) is -2.33. The Balaban J connectivity index is 2.24. The molecule has 0 aliphatic carbocycles. The van der Waals surface area contributed by atoms with Crippen LogP contribution in [0.1, 0.15) is 25.3 Å². The van der Waals surface area contributed by atoms with Gasteiger partial charge in [0, 0.05) is 11.3 Å². The smallest absolute Gasteiger partial charge is 0.258 e. The Bertz CT molecular complexity index is 566. The molecule has 20 heavy (non-hydrogen) atoms. The van der Waals surface area contributed by atoms with Gasteiger partial charge in [0.25, 0.3) is 0 Å². The van der Waals surface area contributed by atoms with Crippen molar-refractivity contribution >= 4 is 11.8 Å². The molecule has 0 aliphatic heterocycles. The highest BCUT2D eigenvalue weighted by molar-refractivity contribution is 7.99. The number of unbranched alkanes of at least 4 members (excludes halogenated alkanes) is 1. The topological polar surface area (TPSA) is 41.6 Å². The lowest BCUT2D eigenvalue weighted by molar-refractivity contribution is -0.137. The van der Waals surface area contributed by atoms with Crippen LogP contribution in [0.3, 0.4) is 0 Å². The number of thioether (sulfide) groups is 1. The minimum atomic E-state index is -4.40. The fraction of sp³-hybridized carbons (Fsp3) is 0.385. The first kappa shape index (κ1) is 14.9. The number of hydrogen-bond acceptors (Lipinski definition) is 3. The van der Waals surface area contributed by atoms with Crippen LogP contribution in [0.15, 0.2) is 29.4 Å². The van der Waals surface area contributed by atoms with E-state index in [-0.39, 0.29) is 11.4 Å². The van der Waals surface area contributed by atoms with Crippen LogP contribution in [0.25, 0.3) is 11.4 Å². The van der Waals surface area contributed by atoms with Crippen molar-refractivity contribution in [2.24, 2.45) is 0 Å². The Kier molecular flexibility index (Phi) is 4.69. The fourth-order valence-electron chi connectivity index (χ4n) is 1.68. The molecule has 0 amide bonds. The Morgan fingerprint density at radius 1 is 1.25 bits per heavy atom. The zero-order valence-electron chi connectivity index (χ0n) is 10.9. The van der Waals surface area contributed by atoms with Gasteiger partial charge in [0.1, 0.15) is 0 Å². The Labute approximate surface area is 119 Å². The minimum absolute atomic E-state index is 0.0230. The summed E-state index contributed by atoms with van der Waals surface area (Å²) in [7, 11) is 0. The largest absolute Gasteiger partial charge is 0.417 e. The lowest BCUT2D eigenvalue weighted by atomic mass is 10.1. The summed E-state index contributed by atoms with van der Waals surface area (Å²) in [6, 6.07) is 5.35. The second-order valence-corrected chi connectivity index (χ2v) is 5.27. The van der Waals surface area contributed by atoms with Crippen molar-refractivity contribution in [2.75, 3.05) is 5.75 Å². The molecule has 1 aromatic heterocycles. The van der Waals surface area contributed by atoms with Crippen LogP contribution in [-0.2, 0) is 6.18 Å². The van der Waals surface area contributed by atoms with Crippen LogP contribution in [0.5, 0.6) is 0 Å². The van der Waals surface area contributed by atoms with Gasteiger partial charge >= 0.3 is 6.18 Å². The number of nitrogens with one attached hydrogen (secondary N) is 1. The standard InChI is InChI=1S/C13H14F3N3S/c1-2-3-8-20-12-17-11(18-19-12)9-6-4-5-7-10(9)13(14,15)16/h4-7H,2-3,8H2,1H3,(H,17,18,19). The van der Waals surface area contributed by atoms with Crippen LogP contribution in [-0.4, -0.2) is 20.9 Å². The molecule has 2 rings (SSSR count). The zero-order valence-corrected chi connectivity index (χ0v) is 11.7. The van der Waals surface area contributed by atoms with Gasteiger partial charge in [-0.1, -0.05) is 43.3 Å². The van der Waals surface area contributed by atoms with Gasteiger partial charge in [0.15, 0.2) is 5.82 Å². The van der Waals surface area contributed by atoms with E-state index in [0.717, 1.165) is 24.7 Å². The molecule has 2 aromatic rings. The Morgan fingerprint density at radius 2 is 2.00 bits per heavy atom. The van der Waals surface area contributed by atoms with E-state index in [9.17, 15) is 13.2 Å². The normalized spacial score (nSPS) is 11.8. The number of aromatic amines is 1. The second kappa shape index (κ2) is 6.30. The van der Waals surface area contributed by atoms with Gasteiger partial charge in [-0.2, -0.15) is 13.2 Å². The van der Waals surface area contributed by atoms with Crippen molar-refractivity contribution in [1.82, 2.24) is 15.2 Å². The molecule has 0 unspecified atom stereocenters. The maximum atomic E-state index is 12.9. The van der Waals surface area contributed by atoms with E-state index < -0.39 is 11.7 Å². The quantitative estimate of drug-likeness (QED) is 0.658. The third-order valence-corrected chi connectivity index (χ3v) is 3.62. The third kappa shape index (κ3) is 3.53. The monoisotopic (exact) mass is 301 g/mol. The van der Waals surface area contributed by atoms with Crippen LogP contribution in [0.2, 0.25) is 0 Å². The third-order valence-electron chi connectivity index (χ3n) is 2.68. The lowest BCUT2D eigenvalue weighted by Crippen LogP contribution is -2.07. The molecule has 0 aliphatic rings. The second-order valence-electron chi connectivity index (χ2n) is 4.21. The van der Waals surface area contributed by atoms with E-state index in [1.54, 1.807) is 6.07 Å². The molecule has 3 nitrogen and oxygen atoms in total. The number of H-pyrrole nitrogens is 1. The Morgan fingerprint density at radius 3 is 2.70 bits per heavy atom. The summed E-state index contributed by atoms with van der Waals surface area (Å²) in [5, 5.41) is 7.00. The van der Waals surface area contributed by atoms with Crippen molar-refractivity contribution in [3.05, 3.63) is 29.8 Å². The molecule has 0 saturated carbocycles. The summed E-state index contributed by atoms with van der Waals surface area (Å²) in [5.41, 5.74) is -0.684. The molecule has 0 spiro atoms. The fourth-order valence-corrected chi connectivity index (χ4v) is 2.56. The number of hydrogen-bond donors (Lipinski definition) is 1. The van der Waals surface area contributed by atoms with E-state index in [0.29, 0.717) is 5.16 Å². The zero-order chi connectivity index (χ0) is 14.6. The first-order valence-electron chi connectivity index (χ1n) is 6.24. The van der Waals surface area contributed by atoms with Gasteiger partial charge in [0.2, 0.25) is 5.16 Å². The van der Waals surface area contributed by atoms with Crippen LogP contribution in [0, 0.1) is 0 Å². The van der Waals surface area contributed by atoms with Crippen LogP contribution >= 0.6 is 11.8 Å². The highest BCUT2D eigenvalue weighted by Crippen LogP contribution is 2.35. The average Bonchev–Trinajstić information content (AvgIpc) is 2.87. The average molecular weight is 301 g/mol. The van der Waals surface area contributed by atoms with Gasteiger partial charge in [-0.3, -0.25) is 5.10 Å². The highest BCUT2D eigenvalue weighted by atomic mass is 32.2. The molecular weight excluding hydrogens is 287 g/mol. The Hall–Kier alpha value is -1.50. The molecule has 1 aromatic carbocycles. The predicted octanol–water partition coefficient (Wildman–Crippen LogP) is 4.38. The lowest BCUT2D eigenvalue weighted by Gasteiger charge is -2.10. The first-order chi connectivity index (χ1) is 9.52. The van der Waals surface area contributed by atoms with E-state index >= 15 is 0 Å². The molecule has 1 N–H and O–H groups in total.